The van der Waals surface area contributed by atoms with Crippen LogP contribution in [0, 0.1) is 0 Å². The van der Waals surface area contributed by atoms with E-state index in [1.165, 1.54) is 11.5 Å². The van der Waals surface area contributed by atoms with Gasteiger partial charge in [0.2, 0.25) is 0 Å². The zero-order valence-electron chi connectivity index (χ0n) is 8.11. The lowest BCUT2D eigenvalue weighted by atomic mass is 10.00. The van der Waals surface area contributed by atoms with Crippen molar-refractivity contribution in [2.24, 2.45) is 0 Å². The summed E-state index contributed by atoms with van der Waals surface area (Å²) in [6, 6.07) is 4.75. The molecule has 76 valence electrons. The van der Waals surface area contributed by atoms with Gasteiger partial charge in [-0.15, -0.1) is 0 Å². The molecule has 0 fully saturated rings. The standard InChI is InChI=1S/C10H13NO3/c1-6(2)7-3-4-9(12)8(5-7)10(13)11-14/h3-6,12,14H,1-2H3,(H,11,13). The monoisotopic (exact) mass is 195 g/mol. The van der Waals surface area contributed by atoms with E-state index in [1.807, 2.05) is 13.8 Å². The number of hydroxylamine groups is 1. The first kappa shape index (κ1) is 10.5. The van der Waals surface area contributed by atoms with Crippen molar-refractivity contribution < 1.29 is 15.1 Å². The smallest absolute Gasteiger partial charge is 0.278 e. The van der Waals surface area contributed by atoms with E-state index in [9.17, 15) is 9.90 Å². The topological polar surface area (TPSA) is 69.6 Å². The molecule has 0 bridgehead atoms. The second kappa shape index (κ2) is 4.11. The Balaban J connectivity index is 3.15. The van der Waals surface area contributed by atoms with Gasteiger partial charge in [0.1, 0.15) is 5.75 Å². The van der Waals surface area contributed by atoms with Crippen molar-refractivity contribution in [3.05, 3.63) is 29.3 Å². The van der Waals surface area contributed by atoms with E-state index in [0.717, 1.165) is 5.56 Å². The van der Waals surface area contributed by atoms with Crippen LogP contribution >= 0.6 is 0 Å². The van der Waals surface area contributed by atoms with Gasteiger partial charge in [-0.1, -0.05) is 19.9 Å². The van der Waals surface area contributed by atoms with E-state index < -0.39 is 5.91 Å². The van der Waals surface area contributed by atoms with Crippen LogP contribution in [0.4, 0.5) is 0 Å². The van der Waals surface area contributed by atoms with Gasteiger partial charge in [-0.3, -0.25) is 10.0 Å². The third kappa shape index (κ3) is 2.03. The van der Waals surface area contributed by atoms with Crippen molar-refractivity contribution in [1.82, 2.24) is 5.48 Å². The number of phenolic OH excluding ortho intramolecular Hbond substituents is 1. The predicted octanol–water partition coefficient (Wildman–Crippen LogP) is 1.63. The highest BCUT2D eigenvalue weighted by atomic mass is 16.5. The second-order valence-electron chi connectivity index (χ2n) is 3.37. The van der Waals surface area contributed by atoms with E-state index >= 15 is 0 Å². The lowest BCUT2D eigenvalue weighted by Crippen LogP contribution is -2.18. The number of hydrogen-bond donors (Lipinski definition) is 3. The van der Waals surface area contributed by atoms with Crippen LogP contribution in [-0.4, -0.2) is 16.2 Å². The SMILES string of the molecule is CC(C)c1ccc(O)c(C(=O)NO)c1. The Morgan fingerprint density at radius 1 is 1.43 bits per heavy atom. The summed E-state index contributed by atoms with van der Waals surface area (Å²) in [5.74, 6) is -0.577. The fourth-order valence-electron chi connectivity index (χ4n) is 1.15. The molecule has 0 radical (unpaired) electrons. The van der Waals surface area contributed by atoms with Crippen molar-refractivity contribution in [2.45, 2.75) is 19.8 Å². The molecule has 0 aliphatic rings. The zero-order valence-corrected chi connectivity index (χ0v) is 8.11. The molecular weight excluding hydrogens is 182 g/mol. The Hall–Kier alpha value is -1.55. The molecule has 0 aromatic heterocycles. The Morgan fingerprint density at radius 3 is 2.57 bits per heavy atom. The number of hydrogen-bond acceptors (Lipinski definition) is 3. The molecule has 0 aliphatic carbocycles. The second-order valence-corrected chi connectivity index (χ2v) is 3.37. The molecular formula is C10H13NO3. The molecule has 1 aromatic rings. The van der Waals surface area contributed by atoms with Crippen LogP contribution in [0.5, 0.6) is 5.75 Å². The maximum atomic E-state index is 11.1. The van der Waals surface area contributed by atoms with Crippen LogP contribution in [0.2, 0.25) is 0 Å². The number of aromatic hydroxyl groups is 1. The summed E-state index contributed by atoms with van der Waals surface area (Å²) in [4.78, 5) is 11.1. The number of nitrogens with one attached hydrogen (secondary N) is 1. The minimum atomic E-state index is -0.704. The number of carbonyl (C=O) groups is 1. The van der Waals surface area contributed by atoms with Gasteiger partial charge in [0.25, 0.3) is 5.91 Å². The predicted molar refractivity (Wildman–Crippen MR) is 51.4 cm³/mol. The minimum absolute atomic E-state index is 0.0821. The van der Waals surface area contributed by atoms with E-state index in [2.05, 4.69) is 0 Å². The molecule has 0 unspecified atom stereocenters. The molecule has 1 amide bonds. The van der Waals surface area contributed by atoms with Gasteiger partial charge < -0.3 is 5.11 Å². The number of phenols is 1. The lowest BCUT2D eigenvalue weighted by Gasteiger charge is -2.08. The summed E-state index contributed by atoms with van der Waals surface area (Å²) in [7, 11) is 0. The van der Waals surface area contributed by atoms with Gasteiger partial charge in [-0.05, 0) is 23.6 Å². The largest absolute Gasteiger partial charge is 0.507 e. The zero-order chi connectivity index (χ0) is 10.7. The van der Waals surface area contributed by atoms with Crippen LogP contribution in [0.15, 0.2) is 18.2 Å². The van der Waals surface area contributed by atoms with Gasteiger partial charge in [0.05, 0.1) is 5.56 Å². The Labute approximate surface area is 82.1 Å². The maximum absolute atomic E-state index is 11.1. The Kier molecular flexibility index (Phi) is 3.09. The Morgan fingerprint density at radius 2 is 2.07 bits per heavy atom. The minimum Gasteiger partial charge on any atom is -0.507 e. The summed E-state index contributed by atoms with van der Waals surface area (Å²) < 4.78 is 0. The molecule has 1 aromatic carbocycles. The van der Waals surface area contributed by atoms with E-state index in [4.69, 9.17) is 5.21 Å². The molecule has 0 spiro atoms. The molecule has 4 nitrogen and oxygen atoms in total. The molecule has 0 saturated carbocycles. The molecule has 4 heteroatoms. The van der Waals surface area contributed by atoms with Crippen LogP contribution in [-0.2, 0) is 0 Å². The van der Waals surface area contributed by atoms with Crippen molar-refractivity contribution in [3.8, 4) is 5.75 Å². The third-order valence-electron chi connectivity index (χ3n) is 2.03. The molecule has 0 heterocycles. The summed E-state index contributed by atoms with van der Waals surface area (Å²) in [6.07, 6.45) is 0. The van der Waals surface area contributed by atoms with E-state index in [-0.39, 0.29) is 17.2 Å². The molecule has 0 aliphatic heterocycles. The highest BCUT2D eigenvalue weighted by molar-refractivity contribution is 5.96. The van der Waals surface area contributed by atoms with Gasteiger partial charge in [-0.25, -0.2) is 5.48 Å². The first-order chi connectivity index (χ1) is 6.56. The van der Waals surface area contributed by atoms with Gasteiger partial charge in [0, 0.05) is 0 Å². The number of carbonyl (C=O) groups excluding carboxylic acids is 1. The fraction of sp³-hybridized carbons (Fsp3) is 0.300. The highest BCUT2D eigenvalue weighted by Crippen LogP contribution is 2.22. The normalized spacial score (nSPS) is 10.3. The van der Waals surface area contributed by atoms with Gasteiger partial charge >= 0.3 is 0 Å². The molecule has 14 heavy (non-hydrogen) atoms. The van der Waals surface area contributed by atoms with Crippen molar-refractivity contribution >= 4 is 5.91 Å². The summed E-state index contributed by atoms with van der Waals surface area (Å²) in [6.45, 7) is 3.96. The molecule has 0 atom stereocenters. The van der Waals surface area contributed by atoms with E-state index in [0.29, 0.717) is 0 Å². The van der Waals surface area contributed by atoms with Crippen molar-refractivity contribution in [2.75, 3.05) is 0 Å². The first-order valence-electron chi connectivity index (χ1n) is 4.33. The molecule has 3 N–H and O–H groups in total. The number of rotatable bonds is 2. The highest BCUT2D eigenvalue weighted by Gasteiger charge is 2.11. The number of amides is 1. The molecule has 1 rings (SSSR count). The van der Waals surface area contributed by atoms with Crippen LogP contribution in [0.1, 0.15) is 35.7 Å². The summed E-state index contributed by atoms with van der Waals surface area (Å²) >= 11 is 0. The van der Waals surface area contributed by atoms with Crippen molar-refractivity contribution in [3.63, 3.8) is 0 Å². The van der Waals surface area contributed by atoms with Gasteiger partial charge in [0.15, 0.2) is 0 Å². The summed E-state index contributed by atoms with van der Waals surface area (Å²) in [5, 5.41) is 17.8. The van der Waals surface area contributed by atoms with Crippen LogP contribution in [0.3, 0.4) is 0 Å². The summed E-state index contributed by atoms with van der Waals surface area (Å²) in [5.41, 5.74) is 2.50. The quantitative estimate of drug-likeness (QED) is 0.496. The fourth-order valence-corrected chi connectivity index (χ4v) is 1.15. The third-order valence-corrected chi connectivity index (χ3v) is 2.03. The van der Waals surface area contributed by atoms with Gasteiger partial charge in [-0.2, -0.15) is 0 Å². The lowest BCUT2D eigenvalue weighted by molar-refractivity contribution is 0.0703. The van der Waals surface area contributed by atoms with Crippen molar-refractivity contribution in [1.29, 1.82) is 0 Å². The Bertz CT molecular complexity index is 347. The average molecular weight is 195 g/mol. The molecule has 0 saturated heterocycles. The van der Waals surface area contributed by atoms with Crippen LogP contribution in [0.25, 0.3) is 0 Å². The first-order valence-corrected chi connectivity index (χ1v) is 4.33. The van der Waals surface area contributed by atoms with E-state index in [1.54, 1.807) is 12.1 Å². The van der Waals surface area contributed by atoms with Crippen LogP contribution < -0.4 is 5.48 Å². The maximum Gasteiger partial charge on any atom is 0.278 e. The number of benzene rings is 1. The average Bonchev–Trinajstić information content (AvgIpc) is 2.17.